The summed E-state index contributed by atoms with van der Waals surface area (Å²) in [5, 5.41) is 2.78. The van der Waals surface area contributed by atoms with Gasteiger partial charge in [-0.25, -0.2) is 0 Å². The van der Waals surface area contributed by atoms with E-state index < -0.39 is 0 Å². The summed E-state index contributed by atoms with van der Waals surface area (Å²) < 4.78 is 5.43. The zero-order valence-corrected chi connectivity index (χ0v) is 13.7. The van der Waals surface area contributed by atoms with Crippen molar-refractivity contribution in [1.82, 2.24) is 10.3 Å². The lowest BCUT2D eigenvalue weighted by molar-refractivity contribution is 0.0950. The Hall–Kier alpha value is -2.56. The Balaban J connectivity index is 1.95. The average molecular weight is 314 g/mol. The summed E-state index contributed by atoms with van der Waals surface area (Å²) in [6.07, 6.45) is 1.54. The average Bonchev–Trinajstić information content (AvgIpc) is 2.52. The molecular weight excluding hydrogens is 292 g/mol. The highest BCUT2D eigenvalue weighted by Crippen LogP contribution is 2.06. The maximum absolute atomic E-state index is 12.0. The van der Waals surface area contributed by atoms with Gasteiger partial charge in [-0.05, 0) is 25.0 Å². The molecule has 0 bridgehead atoms. The molecule has 2 N–H and O–H groups in total. The molecule has 23 heavy (non-hydrogen) atoms. The van der Waals surface area contributed by atoms with Gasteiger partial charge in [-0.15, -0.1) is 0 Å². The van der Waals surface area contributed by atoms with E-state index >= 15 is 0 Å². The molecule has 2 aromatic rings. The fourth-order valence-corrected chi connectivity index (χ4v) is 1.95. The summed E-state index contributed by atoms with van der Waals surface area (Å²) >= 11 is 0. The first-order chi connectivity index (χ1) is 11.0. The van der Waals surface area contributed by atoms with Crippen LogP contribution in [0.2, 0.25) is 0 Å². The molecule has 1 heterocycles. The lowest BCUT2D eigenvalue weighted by Gasteiger charge is -2.09. The normalized spacial score (nSPS) is 10.6. The number of hydrogen-bond donors (Lipinski definition) is 2. The van der Waals surface area contributed by atoms with Crippen LogP contribution in [0.4, 0.5) is 0 Å². The smallest absolute Gasteiger partial charge is 0.251 e. The lowest BCUT2D eigenvalue weighted by atomic mass is 10.1. The van der Waals surface area contributed by atoms with Crippen molar-refractivity contribution in [3.8, 4) is 5.75 Å². The fraction of sp³-hybridized carbons (Fsp3) is 0.333. The molecule has 1 amide bonds. The number of aromatic nitrogens is 1. The second-order valence-corrected chi connectivity index (χ2v) is 5.94. The van der Waals surface area contributed by atoms with E-state index in [2.05, 4.69) is 10.3 Å². The van der Waals surface area contributed by atoms with E-state index in [1.165, 1.54) is 12.3 Å². The number of benzene rings is 1. The van der Waals surface area contributed by atoms with Crippen LogP contribution in [0.15, 0.2) is 41.3 Å². The topological polar surface area (TPSA) is 71.2 Å². The van der Waals surface area contributed by atoms with Crippen LogP contribution in [0.1, 0.15) is 35.5 Å². The largest absolute Gasteiger partial charge is 0.488 e. The Kier molecular flexibility index (Phi) is 5.57. The third-order valence-corrected chi connectivity index (χ3v) is 3.26. The van der Waals surface area contributed by atoms with Crippen molar-refractivity contribution in [3.05, 3.63) is 63.6 Å². The van der Waals surface area contributed by atoms with Crippen molar-refractivity contribution in [2.24, 2.45) is 5.92 Å². The molecule has 5 nitrogen and oxygen atoms in total. The third kappa shape index (κ3) is 4.98. The van der Waals surface area contributed by atoms with Crippen LogP contribution in [0, 0.1) is 12.8 Å². The van der Waals surface area contributed by atoms with Gasteiger partial charge in [-0.2, -0.15) is 0 Å². The first-order valence-corrected chi connectivity index (χ1v) is 7.65. The molecule has 0 radical (unpaired) electrons. The molecule has 0 fully saturated rings. The van der Waals surface area contributed by atoms with Crippen LogP contribution >= 0.6 is 0 Å². The van der Waals surface area contributed by atoms with Gasteiger partial charge in [0.05, 0.1) is 13.2 Å². The van der Waals surface area contributed by atoms with E-state index in [4.69, 9.17) is 4.74 Å². The number of aryl methyl sites for hydroxylation is 1. The molecule has 0 aliphatic carbocycles. The number of nitrogens with one attached hydrogen (secondary N) is 2. The molecule has 0 unspecified atom stereocenters. The van der Waals surface area contributed by atoms with Crippen molar-refractivity contribution in [3.63, 3.8) is 0 Å². The van der Waals surface area contributed by atoms with Gasteiger partial charge in [0.15, 0.2) is 5.75 Å². The lowest BCUT2D eigenvalue weighted by Crippen LogP contribution is -2.24. The Morgan fingerprint density at radius 2 is 1.96 bits per heavy atom. The number of H-pyrrole nitrogens is 1. The summed E-state index contributed by atoms with van der Waals surface area (Å²) in [5.41, 5.74) is 2.13. The minimum Gasteiger partial charge on any atom is -0.488 e. The number of amides is 1. The number of rotatable bonds is 6. The highest BCUT2D eigenvalue weighted by Gasteiger charge is 2.07. The number of pyridine rings is 1. The maximum Gasteiger partial charge on any atom is 0.251 e. The standard InChI is InChI=1S/C18H22N2O3/c1-12(2)11-23-17-10-19-15(8-16(17)21)9-20-18(22)14-6-4-13(3)5-7-14/h4-8,10,12H,9,11H2,1-3H3,(H,19,21)(H,20,22). The number of carbonyl (C=O) groups excluding carboxylic acids is 1. The summed E-state index contributed by atoms with van der Waals surface area (Å²) in [4.78, 5) is 27.0. The van der Waals surface area contributed by atoms with Gasteiger partial charge in [0, 0.05) is 23.5 Å². The van der Waals surface area contributed by atoms with Crippen molar-refractivity contribution < 1.29 is 9.53 Å². The molecular formula is C18H22N2O3. The van der Waals surface area contributed by atoms with E-state index in [-0.39, 0.29) is 17.9 Å². The SMILES string of the molecule is Cc1ccc(C(=O)NCc2cc(=O)c(OCC(C)C)c[nH]2)cc1. The predicted octanol–water partition coefficient (Wildman–Crippen LogP) is 2.65. The monoisotopic (exact) mass is 314 g/mol. The van der Waals surface area contributed by atoms with E-state index in [0.29, 0.717) is 29.5 Å². The molecule has 122 valence electrons. The number of carbonyl (C=O) groups is 1. The number of aromatic amines is 1. The van der Waals surface area contributed by atoms with Gasteiger partial charge >= 0.3 is 0 Å². The molecule has 1 aromatic heterocycles. The van der Waals surface area contributed by atoms with Crippen molar-refractivity contribution >= 4 is 5.91 Å². The molecule has 1 aromatic carbocycles. The van der Waals surface area contributed by atoms with Crippen LogP contribution in [0.25, 0.3) is 0 Å². The van der Waals surface area contributed by atoms with Gasteiger partial charge in [0.1, 0.15) is 0 Å². The molecule has 0 saturated carbocycles. The summed E-state index contributed by atoms with van der Waals surface area (Å²) in [7, 11) is 0. The highest BCUT2D eigenvalue weighted by atomic mass is 16.5. The van der Waals surface area contributed by atoms with Gasteiger partial charge in [0.25, 0.3) is 5.91 Å². The molecule has 0 aliphatic rings. The number of ether oxygens (including phenoxy) is 1. The Bertz CT molecular complexity index is 718. The number of hydrogen-bond acceptors (Lipinski definition) is 3. The van der Waals surface area contributed by atoms with Crippen LogP contribution < -0.4 is 15.5 Å². The van der Waals surface area contributed by atoms with E-state index in [1.807, 2.05) is 32.9 Å². The van der Waals surface area contributed by atoms with Crippen LogP contribution in [0.3, 0.4) is 0 Å². The van der Waals surface area contributed by atoms with Gasteiger partial charge in [-0.3, -0.25) is 9.59 Å². The summed E-state index contributed by atoms with van der Waals surface area (Å²) in [6.45, 7) is 6.75. The molecule has 2 rings (SSSR count). The van der Waals surface area contributed by atoms with Gasteiger partial charge in [-0.1, -0.05) is 31.5 Å². The quantitative estimate of drug-likeness (QED) is 0.861. The first kappa shape index (κ1) is 16.8. The van der Waals surface area contributed by atoms with E-state index in [9.17, 15) is 9.59 Å². The van der Waals surface area contributed by atoms with E-state index in [1.54, 1.807) is 12.1 Å². The second-order valence-electron chi connectivity index (χ2n) is 5.94. The third-order valence-electron chi connectivity index (χ3n) is 3.26. The highest BCUT2D eigenvalue weighted by molar-refractivity contribution is 5.94. The zero-order chi connectivity index (χ0) is 16.8. The van der Waals surface area contributed by atoms with Crippen molar-refractivity contribution in [2.75, 3.05) is 6.61 Å². The molecule has 0 aliphatic heterocycles. The zero-order valence-electron chi connectivity index (χ0n) is 13.7. The molecule has 0 atom stereocenters. The molecule has 0 saturated heterocycles. The minimum atomic E-state index is -0.191. The Morgan fingerprint density at radius 3 is 2.57 bits per heavy atom. The Morgan fingerprint density at radius 1 is 1.26 bits per heavy atom. The van der Waals surface area contributed by atoms with Gasteiger partial charge in [0.2, 0.25) is 5.43 Å². The van der Waals surface area contributed by atoms with Crippen molar-refractivity contribution in [1.29, 1.82) is 0 Å². The maximum atomic E-state index is 12.0. The second kappa shape index (κ2) is 7.63. The first-order valence-electron chi connectivity index (χ1n) is 7.65. The predicted molar refractivity (Wildman–Crippen MR) is 89.7 cm³/mol. The Labute approximate surface area is 135 Å². The summed E-state index contributed by atoms with van der Waals surface area (Å²) in [6, 6.07) is 8.77. The van der Waals surface area contributed by atoms with Crippen LogP contribution in [0.5, 0.6) is 5.75 Å². The molecule has 5 heteroatoms. The summed E-state index contributed by atoms with van der Waals surface area (Å²) in [5.74, 6) is 0.473. The van der Waals surface area contributed by atoms with Crippen molar-refractivity contribution in [2.45, 2.75) is 27.3 Å². The molecule has 0 spiro atoms. The van der Waals surface area contributed by atoms with Crippen LogP contribution in [-0.2, 0) is 6.54 Å². The van der Waals surface area contributed by atoms with Crippen LogP contribution in [-0.4, -0.2) is 17.5 Å². The van der Waals surface area contributed by atoms with E-state index in [0.717, 1.165) is 5.56 Å². The van der Waals surface area contributed by atoms with Gasteiger partial charge < -0.3 is 15.0 Å². The minimum absolute atomic E-state index is 0.175. The fourth-order valence-electron chi connectivity index (χ4n) is 1.95.